The van der Waals surface area contributed by atoms with Crippen LogP contribution in [0.15, 0.2) is 45.7 Å². The molecule has 4 rings (SSSR count). The van der Waals surface area contributed by atoms with E-state index in [0.717, 1.165) is 11.0 Å². The lowest BCUT2D eigenvalue weighted by atomic mass is 9.97. The molecule has 37 heavy (non-hydrogen) atoms. The Morgan fingerprint density at radius 2 is 1.86 bits per heavy atom. The fourth-order valence-corrected chi connectivity index (χ4v) is 5.28. The average molecular weight is 539 g/mol. The Hall–Kier alpha value is -3.45. The fraction of sp³-hybridized carbons (Fsp3) is 0.375. The zero-order valence-corrected chi connectivity index (χ0v) is 21.1. The van der Waals surface area contributed by atoms with Gasteiger partial charge in [-0.3, -0.25) is 4.79 Å². The molecule has 2 heterocycles. The van der Waals surface area contributed by atoms with Crippen molar-refractivity contribution in [1.29, 1.82) is 0 Å². The van der Waals surface area contributed by atoms with Gasteiger partial charge < -0.3 is 19.8 Å². The van der Waals surface area contributed by atoms with Crippen LogP contribution < -0.4 is 15.4 Å². The molecule has 0 spiro atoms. The number of nitrogens with zero attached hydrogens (tertiary/aromatic N) is 3. The molecule has 1 aliphatic heterocycles. The van der Waals surface area contributed by atoms with E-state index in [9.17, 15) is 22.0 Å². The number of fused-ring (bicyclic) bond motifs is 1. The summed E-state index contributed by atoms with van der Waals surface area (Å²) in [6, 6.07) is 6.57. The molecule has 0 aliphatic carbocycles. The highest BCUT2D eigenvalue weighted by molar-refractivity contribution is 7.91. The van der Waals surface area contributed by atoms with Gasteiger partial charge in [0.2, 0.25) is 11.8 Å². The number of hydrogen-bond donors (Lipinski definition) is 1. The summed E-state index contributed by atoms with van der Waals surface area (Å²) >= 11 is 0. The number of anilines is 1. The molecule has 198 valence electrons. The number of halogens is 3. The van der Waals surface area contributed by atoms with Gasteiger partial charge in [0.1, 0.15) is 18.2 Å². The molecule has 1 atom stereocenters. The lowest BCUT2D eigenvalue weighted by Crippen LogP contribution is -2.45. The molecule has 0 saturated heterocycles. The molecule has 0 unspecified atom stereocenters. The van der Waals surface area contributed by atoms with E-state index in [1.165, 1.54) is 30.3 Å². The highest BCUT2D eigenvalue weighted by atomic mass is 32.2. The number of ether oxygens (including phenoxy) is 1. The molecule has 3 aromatic rings. The minimum atomic E-state index is -4.13. The van der Waals surface area contributed by atoms with Crippen molar-refractivity contribution in [3.8, 4) is 17.2 Å². The van der Waals surface area contributed by atoms with Crippen molar-refractivity contribution in [2.75, 3.05) is 17.3 Å². The van der Waals surface area contributed by atoms with E-state index in [2.05, 4.69) is 10.2 Å². The zero-order valence-electron chi connectivity index (χ0n) is 20.2. The summed E-state index contributed by atoms with van der Waals surface area (Å²) in [4.78, 5) is 13.9. The number of carbonyl (C=O) groups excluding carboxylic acids is 1. The number of rotatable bonds is 6. The zero-order chi connectivity index (χ0) is 27.1. The van der Waals surface area contributed by atoms with E-state index < -0.39 is 56.7 Å². The molecule has 9 nitrogen and oxygen atoms in total. The van der Waals surface area contributed by atoms with E-state index in [1.807, 2.05) is 20.8 Å². The predicted octanol–water partition coefficient (Wildman–Crippen LogP) is 3.46. The maximum atomic E-state index is 15.2. The van der Waals surface area contributed by atoms with Crippen LogP contribution in [0.25, 0.3) is 11.5 Å². The van der Waals surface area contributed by atoms with Crippen molar-refractivity contribution in [2.24, 2.45) is 5.73 Å². The van der Waals surface area contributed by atoms with Crippen molar-refractivity contribution < 1.29 is 35.5 Å². The van der Waals surface area contributed by atoms with Crippen LogP contribution >= 0.6 is 0 Å². The summed E-state index contributed by atoms with van der Waals surface area (Å²) in [5, 5.41) is 7.85. The smallest absolute Gasteiger partial charge is 0.272 e. The van der Waals surface area contributed by atoms with Crippen LogP contribution in [0.2, 0.25) is 0 Å². The van der Waals surface area contributed by atoms with Crippen LogP contribution in [0.1, 0.15) is 32.2 Å². The highest BCUT2D eigenvalue weighted by Crippen LogP contribution is 2.37. The Morgan fingerprint density at radius 1 is 1.19 bits per heavy atom. The van der Waals surface area contributed by atoms with E-state index in [-0.39, 0.29) is 35.3 Å². The van der Waals surface area contributed by atoms with Gasteiger partial charge in [0.25, 0.3) is 12.3 Å². The molecule has 0 bridgehead atoms. The first-order valence-electron chi connectivity index (χ1n) is 11.2. The Morgan fingerprint density at radius 3 is 2.46 bits per heavy atom. The molecule has 1 aliphatic rings. The molecule has 2 N–H and O–H groups in total. The topological polar surface area (TPSA) is 129 Å². The number of alkyl halides is 2. The quantitative estimate of drug-likeness (QED) is 0.505. The summed E-state index contributed by atoms with van der Waals surface area (Å²) in [6.45, 7) is 4.58. The number of carbonyl (C=O) groups is 1. The van der Waals surface area contributed by atoms with Gasteiger partial charge in [0, 0.05) is 5.41 Å². The van der Waals surface area contributed by atoms with E-state index in [1.54, 1.807) is 0 Å². The molecule has 1 amide bonds. The third-order valence-corrected chi connectivity index (χ3v) is 7.39. The second-order valence-electron chi connectivity index (χ2n) is 9.62. The average Bonchev–Trinajstić information content (AvgIpc) is 3.30. The first-order chi connectivity index (χ1) is 17.3. The second kappa shape index (κ2) is 9.78. The van der Waals surface area contributed by atoms with Gasteiger partial charge in [0.15, 0.2) is 9.84 Å². The lowest BCUT2D eigenvalue weighted by Gasteiger charge is -2.24. The first-order valence-corrected chi connectivity index (χ1v) is 12.9. The van der Waals surface area contributed by atoms with Gasteiger partial charge in [-0.2, -0.15) is 0 Å². The maximum absolute atomic E-state index is 15.2. The standard InChI is InChI=1S/C24H25F3N4O5S/c1-24(2,3)23-30-29-21(36-23)15-8-18-19(9-16(15)25)37(33,34)12-17(28)22(32)31(18)10-13-4-6-14(7-5-13)35-11-20(26)27/h4-9,17,20H,10-12,28H2,1-3H3/t17-/m0/s1. The number of nitrogens with two attached hydrogens (primary N) is 1. The van der Waals surface area contributed by atoms with Crippen molar-refractivity contribution in [3.05, 3.63) is 53.7 Å². The number of amides is 1. The third-order valence-electron chi connectivity index (χ3n) is 5.59. The molecule has 0 fully saturated rings. The summed E-state index contributed by atoms with van der Waals surface area (Å²) in [7, 11) is -4.13. The minimum absolute atomic E-state index is 0.0946. The number of sulfone groups is 1. The summed E-state index contributed by atoms with van der Waals surface area (Å²) < 4.78 is 76.6. The van der Waals surface area contributed by atoms with Crippen LogP contribution in [0.5, 0.6) is 5.75 Å². The number of aromatic nitrogens is 2. The maximum Gasteiger partial charge on any atom is 0.272 e. The van der Waals surface area contributed by atoms with Gasteiger partial charge in [0.05, 0.1) is 34.5 Å². The van der Waals surface area contributed by atoms with E-state index in [4.69, 9.17) is 14.9 Å². The highest BCUT2D eigenvalue weighted by Gasteiger charge is 2.37. The van der Waals surface area contributed by atoms with Gasteiger partial charge in [-0.25, -0.2) is 21.6 Å². The van der Waals surface area contributed by atoms with Crippen molar-refractivity contribution >= 4 is 21.4 Å². The number of benzene rings is 2. The van der Waals surface area contributed by atoms with Gasteiger partial charge in [-0.05, 0) is 29.8 Å². The van der Waals surface area contributed by atoms with E-state index >= 15 is 4.39 Å². The molecular weight excluding hydrogens is 513 g/mol. The summed E-state index contributed by atoms with van der Waals surface area (Å²) in [5.74, 6) is -2.06. The Kier molecular flexibility index (Phi) is 7.04. The predicted molar refractivity (Wildman–Crippen MR) is 128 cm³/mol. The molecular formula is C24H25F3N4O5S. The van der Waals surface area contributed by atoms with Crippen LogP contribution in [-0.4, -0.2) is 49.3 Å². The molecule has 13 heteroatoms. The fourth-order valence-electron chi connectivity index (χ4n) is 3.71. The Balaban J connectivity index is 1.78. The van der Waals surface area contributed by atoms with Gasteiger partial charge in [-0.1, -0.05) is 32.9 Å². The minimum Gasteiger partial charge on any atom is -0.488 e. The molecule has 0 radical (unpaired) electrons. The monoisotopic (exact) mass is 538 g/mol. The van der Waals surface area contributed by atoms with Crippen LogP contribution in [0.3, 0.4) is 0 Å². The van der Waals surface area contributed by atoms with Crippen molar-refractivity contribution in [1.82, 2.24) is 10.2 Å². The lowest BCUT2D eigenvalue weighted by molar-refractivity contribution is -0.119. The summed E-state index contributed by atoms with van der Waals surface area (Å²) in [5.41, 5.74) is 5.64. The second-order valence-corrected chi connectivity index (χ2v) is 11.6. The number of hydrogen-bond acceptors (Lipinski definition) is 8. The third kappa shape index (κ3) is 5.62. The van der Waals surface area contributed by atoms with Gasteiger partial charge in [-0.15, -0.1) is 10.2 Å². The molecule has 2 aromatic carbocycles. The normalized spacial score (nSPS) is 17.6. The van der Waals surface area contributed by atoms with Crippen LogP contribution in [-0.2, 0) is 26.6 Å². The Labute approximate surface area is 211 Å². The SMILES string of the molecule is CC(C)(C)c1nnc(-c2cc3c(cc2F)S(=O)(=O)C[C@H](N)C(=O)N3Cc2ccc(OCC(F)F)cc2)o1. The largest absolute Gasteiger partial charge is 0.488 e. The van der Waals surface area contributed by atoms with E-state index in [0.29, 0.717) is 5.56 Å². The first kappa shape index (κ1) is 26.6. The molecule has 0 saturated carbocycles. The van der Waals surface area contributed by atoms with Crippen molar-refractivity contribution in [2.45, 2.75) is 50.1 Å². The van der Waals surface area contributed by atoms with Crippen molar-refractivity contribution in [3.63, 3.8) is 0 Å². The van der Waals surface area contributed by atoms with Crippen LogP contribution in [0, 0.1) is 5.82 Å². The molecule has 1 aromatic heterocycles. The van der Waals surface area contributed by atoms with Crippen LogP contribution in [0.4, 0.5) is 18.9 Å². The van der Waals surface area contributed by atoms with Gasteiger partial charge >= 0.3 is 0 Å². The Bertz CT molecular complexity index is 1420. The summed E-state index contributed by atoms with van der Waals surface area (Å²) in [6.07, 6.45) is -2.64.